The van der Waals surface area contributed by atoms with Crippen molar-refractivity contribution in [2.24, 2.45) is 0 Å². The highest BCUT2D eigenvalue weighted by Crippen LogP contribution is 2.28. The normalized spacial score (nSPS) is 11.5. The molecule has 2 aromatic heterocycles. The molecule has 3 nitrogen and oxygen atoms in total. The van der Waals surface area contributed by atoms with Gasteiger partial charge in [0.05, 0.1) is 11.0 Å². The van der Waals surface area contributed by atoms with Crippen molar-refractivity contribution in [2.45, 2.75) is 20.3 Å². The highest BCUT2D eigenvalue weighted by molar-refractivity contribution is 5.85. The van der Waals surface area contributed by atoms with Crippen LogP contribution in [0.1, 0.15) is 18.1 Å². The minimum atomic E-state index is 0.782. The number of aryl methyl sites for hydroxylation is 2. The van der Waals surface area contributed by atoms with Gasteiger partial charge in [-0.15, -0.1) is 0 Å². The third-order valence-corrected chi connectivity index (χ3v) is 3.86. The van der Waals surface area contributed by atoms with Crippen molar-refractivity contribution < 1.29 is 4.42 Å². The van der Waals surface area contributed by atoms with E-state index in [1.807, 2.05) is 12.1 Å². The predicted molar refractivity (Wildman–Crippen MR) is 85.4 cm³/mol. The van der Waals surface area contributed by atoms with Gasteiger partial charge in [-0.3, -0.25) is 0 Å². The summed E-state index contributed by atoms with van der Waals surface area (Å²) in [4.78, 5) is 7.98. The van der Waals surface area contributed by atoms with E-state index in [0.717, 1.165) is 40.0 Å². The first-order valence-electron chi connectivity index (χ1n) is 7.22. The second kappa shape index (κ2) is 4.48. The molecule has 0 unspecified atom stereocenters. The van der Waals surface area contributed by atoms with E-state index in [-0.39, 0.29) is 0 Å². The van der Waals surface area contributed by atoms with Crippen LogP contribution in [0.5, 0.6) is 0 Å². The van der Waals surface area contributed by atoms with Gasteiger partial charge in [0.2, 0.25) is 0 Å². The van der Waals surface area contributed by atoms with Crippen LogP contribution in [0.25, 0.3) is 33.6 Å². The maximum absolute atomic E-state index is 5.90. The first-order valence-corrected chi connectivity index (χ1v) is 7.22. The SMILES string of the molecule is CCc1ccc2nc(-c3cc4cc(C)ccc4o3)[nH]c2c1. The van der Waals surface area contributed by atoms with Crippen molar-refractivity contribution >= 4 is 22.0 Å². The average Bonchev–Trinajstić information content (AvgIpc) is 3.08. The second-order valence-corrected chi connectivity index (χ2v) is 5.44. The van der Waals surface area contributed by atoms with E-state index in [2.05, 4.69) is 54.1 Å². The molecule has 2 aromatic carbocycles. The number of fused-ring (bicyclic) bond motifs is 2. The summed E-state index contributed by atoms with van der Waals surface area (Å²) in [6, 6.07) is 14.6. The van der Waals surface area contributed by atoms with Gasteiger partial charge in [-0.05, 0) is 49.2 Å². The zero-order valence-corrected chi connectivity index (χ0v) is 12.1. The molecule has 0 saturated carbocycles. The number of rotatable bonds is 2. The highest BCUT2D eigenvalue weighted by Gasteiger charge is 2.11. The van der Waals surface area contributed by atoms with E-state index in [9.17, 15) is 0 Å². The van der Waals surface area contributed by atoms with Crippen LogP contribution in [0.2, 0.25) is 0 Å². The highest BCUT2D eigenvalue weighted by atomic mass is 16.3. The van der Waals surface area contributed by atoms with Crippen LogP contribution in [0.3, 0.4) is 0 Å². The number of imidazole rings is 1. The molecule has 0 atom stereocenters. The summed E-state index contributed by atoms with van der Waals surface area (Å²) in [5, 5.41) is 1.11. The number of H-pyrrole nitrogens is 1. The molecule has 3 heteroatoms. The Balaban J connectivity index is 1.87. The standard InChI is InChI=1S/C18H16N2O/c1-3-12-5-6-14-15(9-12)20-18(19-14)17-10-13-8-11(2)4-7-16(13)21-17/h4-10H,3H2,1-2H3,(H,19,20). The number of hydrogen-bond acceptors (Lipinski definition) is 2. The van der Waals surface area contributed by atoms with Crippen molar-refractivity contribution in [3.05, 3.63) is 53.6 Å². The maximum Gasteiger partial charge on any atom is 0.174 e. The summed E-state index contributed by atoms with van der Waals surface area (Å²) < 4.78 is 5.90. The summed E-state index contributed by atoms with van der Waals surface area (Å²) in [6.45, 7) is 4.24. The number of benzene rings is 2. The maximum atomic E-state index is 5.90. The Morgan fingerprint density at radius 1 is 1.10 bits per heavy atom. The Labute approximate surface area is 122 Å². The van der Waals surface area contributed by atoms with Gasteiger partial charge in [0.15, 0.2) is 11.6 Å². The molecule has 0 aliphatic carbocycles. The van der Waals surface area contributed by atoms with E-state index in [1.54, 1.807) is 0 Å². The van der Waals surface area contributed by atoms with Crippen LogP contribution in [0, 0.1) is 6.92 Å². The molecule has 0 radical (unpaired) electrons. The fraction of sp³-hybridized carbons (Fsp3) is 0.167. The van der Waals surface area contributed by atoms with Crippen LogP contribution >= 0.6 is 0 Å². The third-order valence-electron chi connectivity index (χ3n) is 3.86. The molecular formula is C18H16N2O. The molecule has 0 saturated heterocycles. The molecule has 21 heavy (non-hydrogen) atoms. The largest absolute Gasteiger partial charge is 0.453 e. The van der Waals surface area contributed by atoms with Gasteiger partial charge >= 0.3 is 0 Å². The Bertz CT molecular complexity index is 946. The lowest BCUT2D eigenvalue weighted by atomic mass is 10.1. The Morgan fingerprint density at radius 2 is 2.00 bits per heavy atom. The molecular weight excluding hydrogens is 260 g/mol. The summed E-state index contributed by atoms with van der Waals surface area (Å²) in [7, 11) is 0. The lowest BCUT2D eigenvalue weighted by Crippen LogP contribution is -1.78. The Morgan fingerprint density at radius 3 is 2.86 bits per heavy atom. The first-order chi connectivity index (χ1) is 10.2. The second-order valence-electron chi connectivity index (χ2n) is 5.44. The Hall–Kier alpha value is -2.55. The molecule has 0 spiro atoms. The number of aromatic nitrogens is 2. The van der Waals surface area contributed by atoms with Crippen molar-refractivity contribution in [1.82, 2.24) is 9.97 Å². The number of furan rings is 1. The lowest BCUT2D eigenvalue weighted by Gasteiger charge is -1.93. The molecule has 104 valence electrons. The Kier molecular flexibility index (Phi) is 2.61. The topological polar surface area (TPSA) is 41.8 Å². The van der Waals surface area contributed by atoms with Crippen LogP contribution in [-0.2, 0) is 6.42 Å². The smallest absolute Gasteiger partial charge is 0.174 e. The van der Waals surface area contributed by atoms with Gasteiger partial charge in [0, 0.05) is 5.39 Å². The van der Waals surface area contributed by atoms with Crippen LogP contribution < -0.4 is 0 Å². The first kappa shape index (κ1) is 12.2. The monoisotopic (exact) mass is 276 g/mol. The van der Waals surface area contributed by atoms with Gasteiger partial charge in [-0.2, -0.15) is 0 Å². The summed E-state index contributed by atoms with van der Waals surface area (Å²) in [5.74, 6) is 1.57. The van der Waals surface area contributed by atoms with E-state index in [0.29, 0.717) is 0 Å². The van der Waals surface area contributed by atoms with Crippen LogP contribution in [-0.4, -0.2) is 9.97 Å². The fourth-order valence-electron chi connectivity index (χ4n) is 2.67. The molecule has 2 heterocycles. The molecule has 0 aliphatic rings. The lowest BCUT2D eigenvalue weighted by molar-refractivity contribution is 0.626. The summed E-state index contributed by atoms with van der Waals surface area (Å²) in [5.41, 5.74) is 5.45. The van der Waals surface area contributed by atoms with Crippen molar-refractivity contribution in [1.29, 1.82) is 0 Å². The number of nitrogens with zero attached hydrogens (tertiary/aromatic N) is 1. The number of nitrogens with one attached hydrogen (secondary N) is 1. The fourth-order valence-corrected chi connectivity index (χ4v) is 2.67. The molecule has 4 aromatic rings. The predicted octanol–water partition coefficient (Wildman–Crippen LogP) is 4.85. The molecule has 0 aliphatic heterocycles. The van der Waals surface area contributed by atoms with Crippen molar-refractivity contribution in [2.75, 3.05) is 0 Å². The molecule has 0 bridgehead atoms. The van der Waals surface area contributed by atoms with Gasteiger partial charge in [-0.1, -0.05) is 24.6 Å². The van der Waals surface area contributed by atoms with E-state index in [1.165, 1.54) is 11.1 Å². The molecule has 4 rings (SSSR count). The van der Waals surface area contributed by atoms with Crippen molar-refractivity contribution in [3.8, 4) is 11.6 Å². The zero-order valence-electron chi connectivity index (χ0n) is 12.1. The van der Waals surface area contributed by atoms with Crippen LogP contribution in [0.4, 0.5) is 0 Å². The van der Waals surface area contributed by atoms with Gasteiger partial charge in [0.25, 0.3) is 0 Å². The van der Waals surface area contributed by atoms with Gasteiger partial charge in [-0.25, -0.2) is 4.98 Å². The van der Waals surface area contributed by atoms with E-state index in [4.69, 9.17) is 4.42 Å². The van der Waals surface area contributed by atoms with Crippen LogP contribution in [0.15, 0.2) is 46.9 Å². The third kappa shape index (κ3) is 2.02. The quantitative estimate of drug-likeness (QED) is 0.568. The zero-order chi connectivity index (χ0) is 14.4. The van der Waals surface area contributed by atoms with Gasteiger partial charge in [0.1, 0.15) is 5.58 Å². The van der Waals surface area contributed by atoms with E-state index < -0.39 is 0 Å². The number of aromatic amines is 1. The summed E-state index contributed by atoms with van der Waals surface area (Å²) in [6.07, 6.45) is 1.02. The van der Waals surface area contributed by atoms with Gasteiger partial charge < -0.3 is 9.40 Å². The summed E-state index contributed by atoms with van der Waals surface area (Å²) >= 11 is 0. The van der Waals surface area contributed by atoms with E-state index >= 15 is 0 Å². The minimum absolute atomic E-state index is 0.782. The average molecular weight is 276 g/mol. The van der Waals surface area contributed by atoms with Crippen molar-refractivity contribution in [3.63, 3.8) is 0 Å². The molecule has 0 fully saturated rings. The minimum Gasteiger partial charge on any atom is -0.453 e. The molecule has 1 N–H and O–H groups in total. The number of hydrogen-bond donors (Lipinski definition) is 1. The molecule has 0 amide bonds.